The second-order valence-electron chi connectivity index (χ2n) is 9.60. The molecule has 0 spiro atoms. The van der Waals surface area contributed by atoms with Crippen molar-refractivity contribution in [3.05, 3.63) is 30.5 Å². The lowest BCUT2D eigenvalue weighted by molar-refractivity contribution is 0.109. The summed E-state index contributed by atoms with van der Waals surface area (Å²) in [6, 6.07) is 7.15. The summed E-state index contributed by atoms with van der Waals surface area (Å²) in [7, 11) is -3.46. The Morgan fingerprint density at radius 1 is 1.09 bits per heavy atom. The van der Waals surface area contributed by atoms with Gasteiger partial charge in [-0.25, -0.2) is 18.1 Å². The van der Waals surface area contributed by atoms with E-state index in [4.69, 9.17) is 10.1 Å². The number of hydrogen-bond acceptors (Lipinski definition) is 7. The molecular weight excluding hydrogens is 464 g/mol. The molecule has 1 aliphatic heterocycles. The lowest BCUT2D eigenvalue weighted by Gasteiger charge is -2.25. The second kappa shape index (κ2) is 10.2. The number of unbranched alkanes of at least 4 members (excludes halogenated alkanes) is 1. The Morgan fingerprint density at radius 3 is 2.49 bits per heavy atom. The van der Waals surface area contributed by atoms with Gasteiger partial charge in [-0.15, -0.1) is 0 Å². The summed E-state index contributed by atoms with van der Waals surface area (Å²) < 4.78 is 29.4. The van der Waals surface area contributed by atoms with Gasteiger partial charge in [-0.1, -0.05) is 25.5 Å². The molecule has 35 heavy (non-hydrogen) atoms. The number of nitrogens with one attached hydrogen (secondary N) is 1. The summed E-state index contributed by atoms with van der Waals surface area (Å²) in [6.07, 6.45) is 8.68. The molecule has 2 aliphatic rings. The maximum absolute atomic E-state index is 12.9. The quantitative estimate of drug-likeness (QED) is 0.452. The zero-order valence-electron chi connectivity index (χ0n) is 20.2. The molecule has 5 rings (SSSR count). The fourth-order valence-corrected chi connectivity index (χ4v) is 6.54. The second-order valence-corrected chi connectivity index (χ2v) is 11.5. The molecule has 0 unspecified atom stereocenters. The number of nitrogens with zero attached hydrogens (tertiary/aromatic N) is 5. The molecule has 2 fully saturated rings. The van der Waals surface area contributed by atoms with Gasteiger partial charge in [0.05, 0.1) is 22.4 Å². The number of aromatic nitrogens is 4. The molecule has 1 saturated heterocycles. The van der Waals surface area contributed by atoms with Crippen LogP contribution >= 0.6 is 0 Å². The van der Waals surface area contributed by atoms with Crippen LogP contribution in [0.5, 0.6) is 0 Å². The molecule has 3 aromatic rings. The third-order valence-corrected chi connectivity index (χ3v) is 9.02. The molecule has 2 N–H and O–H groups in total. The van der Waals surface area contributed by atoms with E-state index >= 15 is 0 Å². The fraction of sp³-hybridized carbons (Fsp3) is 0.560. The van der Waals surface area contributed by atoms with Crippen LogP contribution in [0.4, 0.5) is 5.95 Å². The van der Waals surface area contributed by atoms with E-state index in [1.165, 1.54) is 0 Å². The van der Waals surface area contributed by atoms with Crippen LogP contribution in [-0.2, 0) is 10.0 Å². The van der Waals surface area contributed by atoms with E-state index in [-0.39, 0.29) is 12.1 Å². The Morgan fingerprint density at radius 2 is 1.80 bits per heavy atom. The third kappa shape index (κ3) is 4.92. The van der Waals surface area contributed by atoms with Crippen molar-refractivity contribution < 1.29 is 13.5 Å². The van der Waals surface area contributed by atoms with Crippen molar-refractivity contribution in [2.24, 2.45) is 0 Å². The summed E-state index contributed by atoms with van der Waals surface area (Å²) >= 11 is 0. The van der Waals surface area contributed by atoms with Crippen molar-refractivity contribution in [1.29, 1.82) is 0 Å². The number of rotatable bonds is 8. The molecule has 9 nitrogen and oxygen atoms in total. The summed E-state index contributed by atoms with van der Waals surface area (Å²) in [5.41, 5.74) is 2.35. The first-order chi connectivity index (χ1) is 17.0. The highest BCUT2D eigenvalue weighted by molar-refractivity contribution is 7.89. The Hall–Kier alpha value is -2.56. The van der Waals surface area contributed by atoms with E-state index in [1.54, 1.807) is 16.4 Å². The normalized spacial score (nSPS) is 21.5. The minimum absolute atomic E-state index is 0.155. The smallest absolute Gasteiger partial charge is 0.243 e. The number of hydrogen-bond donors (Lipinski definition) is 2. The number of benzene rings is 1. The van der Waals surface area contributed by atoms with Crippen molar-refractivity contribution >= 4 is 27.0 Å². The molecule has 0 atom stereocenters. The van der Waals surface area contributed by atoms with E-state index < -0.39 is 10.0 Å². The first-order valence-electron chi connectivity index (χ1n) is 12.7. The highest BCUT2D eigenvalue weighted by Crippen LogP contribution is 2.35. The summed E-state index contributed by atoms with van der Waals surface area (Å²) in [4.78, 5) is 9.65. The number of sulfonamides is 1. The van der Waals surface area contributed by atoms with Crippen LogP contribution in [0.2, 0.25) is 0 Å². The van der Waals surface area contributed by atoms with Crippen molar-refractivity contribution in [3.8, 4) is 11.3 Å². The molecular formula is C25H34N6O3S. The van der Waals surface area contributed by atoms with E-state index in [2.05, 4.69) is 17.2 Å². The minimum atomic E-state index is -3.46. The van der Waals surface area contributed by atoms with Gasteiger partial charge in [0.25, 0.3) is 0 Å². The molecule has 0 bridgehead atoms. The van der Waals surface area contributed by atoms with Crippen LogP contribution in [0.3, 0.4) is 0 Å². The maximum atomic E-state index is 12.9. The number of aliphatic hydroxyl groups excluding tert-OH is 1. The average molecular weight is 499 g/mol. The van der Waals surface area contributed by atoms with Crippen LogP contribution in [-0.4, -0.2) is 63.3 Å². The predicted molar refractivity (Wildman–Crippen MR) is 136 cm³/mol. The van der Waals surface area contributed by atoms with Crippen molar-refractivity contribution in [3.63, 3.8) is 0 Å². The molecule has 2 aromatic heterocycles. The topological polar surface area (TPSA) is 113 Å². The average Bonchev–Trinajstić information content (AvgIpc) is 3.54. The minimum Gasteiger partial charge on any atom is -0.393 e. The van der Waals surface area contributed by atoms with E-state index in [0.717, 1.165) is 80.2 Å². The Kier molecular flexibility index (Phi) is 7.04. The van der Waals surface area contributed by atoms with Crippen molar-refractivity contribution in [2.75, 3.05) is 25.0 Å². The van der Waals surface area contributed by atoms with Crippen LogP contribution in [0.15, 0.2) is 35.4 Å². The zero-order valence-corrected chi connectivity index (χ0v) is 21.0. The highest BCUT2D eigenvalue weighted by atomic mass is 32.2. The van der Waals surface area contributed by atoms with Gasteiger partial charge >= 0.3 is 0 Å². The largest absolute Gasteiger partial charge is 0.393 e. The van der Waals surface area contributed by atoms with Crippen molar-refractivity contribution in [2.45, 2.75) is 75.3 Å². The van der Waals surface area contributed by atoms with Gasteiger partial charge in [0.15, 0.2) is 5.65 Å². The molecule has 1 aromatic carbocycles. The molecule has 1 aliphatic carbocycles. The highest BCUT2D eigenvalue weighted by Gasteiger charge is 2.28. The van der Waals surface area contributed by atoms with Crippen LogP contribution < -0.4 is 5.32 Å². The monoisotopic (exact) mass is 498 g/mol. The van der Waals surface area contributed by atoms with Gasteiger partial charge in [-0.05, 0) is 57.1 Å². The summed E-state index contributed by atoms with van der Waals surface area (Å²) in [5, 5.41) is 19.1. The third-order valence-electron chi connectivity index (χ3n) is 7.10. The Labute approximate surface area is 206 Å². The molecule has 0 radical (unpaired) electrons. The standard InChI is InChI=1S/C25H34N6O3S/c1-2-3-14-26-25-27-17-22-23(29-31(24(22)28-25)19-8-10-20(32)11-9-19)18-6-12-21(13-7-18)35(33,34)30-15-4-5-16-30/h6-7,12-13,17,19-20,32H,2-5,8-11,14-16H2,1H3,(H,26,27,28)/t19-,20+. The lowest BCUT2D eigenvalue weighted by atomic mass is 9.93. The number of aliphatic hydroxyl groups is 1. The summed E-state index contributed by atoms with van der Waals surface area (Å²) in [6.45, 7) is 4.13. The van der Waals surface area contributed by atoms with Gasteiger partial charge in [-0.2, -0.15) is 14.4 Å². The Balaban J connectivity index is 1.50. The van der Waals surface area contributed by atoms with Crippen LogP contribution in [0, 0.1) is 0 Å². The fourth-order valence-electron chi connectivity index (χ4n) is 5.02. The van der Waals surface area contributed by atoms with E-state index in [1.807, 2.05) is 23.0 Å². The SMILES string of the molecule is CCCCNc1ncc2c(-c3ccc(S(=O)(=O)N4CCCC4)cc3)nn([C@H]3CC[C@@H](O)CC3)c2n1. The first kappa shape index (κ1) is 24.1. The maximum Gasteiger partial charge on any atom is 0.243 e. The molecule has 0 amide bonds. The van der Waals surface area contributed by atoms with Crippen LogP contribution in [0.1, 0.15) is 64.3 Å². The zero-order chi connectivity index (χ0) is 24.4. The molecule has 3 heterocycles. The first-order valence-corrected chi connectivity index (χ1v) is 14.2. The van der Waals surface area contributed by atoms with Crippen molar-refractivity contribution in [1.82, 2.24) is 24.1 Å². The van der Waals surface area contributed by atoms with Gasteiger partial charge in [0.1, 0.15) is 5.69 Å². The molecule has 10 heteroatoms. The number of anilines is 1. The molecule has 188 valence electrons. The Bertz CT molecular complexity index is 1260. The lowest BCUT2D eigenvalue weighted by Crippen LogP contribution is -2.27. The van der Waals surface area contributed by atoms with Gasteiger partial charge in [0, 0.05) is 31.4 Å². The van der Waals surface area contributed by atoms with Gasteiger partial charge < -0.3 is 10.4 Å². The predicted octanol–water partition coefficient (Wildman–Crippen LogP) is 3.97. The summed E-state index contributed by atoms with van der Waals surface area (Å²) in [5.74, 6) is 0.585. The van der Waals surface area contributed by atoms with Gasteiger partial charge in [0.2, 0.25) is 16.0 Å². The van der Waals surface area contributed by atoms with Crippen LogP contribution in [0.25, 0.3) is 22.3 Å². The van der Waals surface area contributed by atoms with E-state index in [0.29, 0.717) is 23.9 Å². The van der Waals surface area contributed by atoms with Gasteiger partial charge in [-0.3, -0.25) is 0 Å². The number of fused-ring (bicyclic) bond motifs is 1. The van der Waals surface area contributed by atoms with E-state index in [9.17, 15) is 13.5 Å². The molecule has 1 saturated carbocycles.